The first-order valence-electron chi connectivity index (χ1n) is 6.03. The minimum absolute atomic E-state index is 0.0161. The van der Waals surface area contributed by atoms with Gasteiger partial charge in [-0.3, -0.25) is 4.79 Å². The largest absolute Gasteiger partial charge is 0.493 e. The highest BCUT2D eigenvalue weighted by atomic mass is 19.1. The third kappa shape index (κ3) is 3.28. The number of carbonyl (C=O) groups is 1. The van der Waals surface area contributed by atoms with Crippen LogP contribution in [-0.2, 0) is 0 Å². The molecule has 21 heavy (non-hydrogen) atoms. The number of amides is 1. The third-order valence-corrected chi connectivity index (χ3v) is 2.77. The number of nitrogens with one attached hydrogen (secondary N) is 1. The smallest absolute Gasteiger partial charge is 0.259 e. The number of methoxy groups -OCH3 is 2. The van der Waals surface area contributed by atoms with E-state index in [4.69, 9.17) is 9.47 Å². The van der Waals surface area contributed by atoms with E-state index in [9.17, 15) is 13.6 Å². The van der Waals surface area contributed by atoms with Crippen LogP contribution in [-0.4, -0.2) is 20.1 Å². The summed E-state index contributed by atoms with van der Waals surface area (Å²) in [6.45, 7) is 0. The summed E-state index contributed by atoms with van der Waals surface area (Å²) < 4.78 is 36.4. The summed E-state index contributed by atoms with van der Waals surface area (Å²) in [5.41, 5.74) is 0.212. The molecule has 0 saturated heterocycles. The van der Waals surface area contributed by atoms with Crippen molar-refractivity contribution < 1.29 is 23.0 Å². The van der Waals surface area contributed by atoms with Crippen LogP contribution in [0, 0.1) is 11.6 Å². The lowest BCUT2D eigenvalue weighted by Crippen LogP contribution is -2.14. The van der Waals surface area contributed by atoms with Crippen molar-refractivity contribution in [3.8, 4) is 11.5 Å². The van der Waals surface area contributed by atoms with Gasteiger partial charge in [0, 0.05) is 11.8 Å². The summed E-state index contributed by atoms with van der Waals surface area (Å²) >= 11 is 0. The van der Waals surface area contributed by atoms with E-state index >= 15 is 0 Å². The van der Waals surface area contributed by atoms with E-state index in [1.165, 1.54) is 20.3 Å². The van der Waals surface area contributed by atoms with Crippen molar-refractivity contribution in [2.45, 2.75) is 0 Å². The highest BCUT2D eigenvalue weighted by Crippen LogP contribution is 2.31. The van der Waals surface area contributed by atoms with Gasteiger partial charge in [-0.1, -0.05) is 6.07 Å². The van der Waals surface area contributed by atoms with Gasteiger partial charge in [0.15, 0.2) is 11.5 Å². The molecule has 0 saturated carbocycles. The van der Waals surface area contributed by atoms with Crippen LogP contribution in [0.15, 0.2) is 36.4 Å². The van der Waals surface area contributed by atoms with Crippen molar-refractivity contribution in [2.75, 3.05) is 19.5 Å². The number of rotatable bonds is 4. The molecule has 0 heterocycles. The molecule has 0 atom stereocenters. The molecule has 4 nitrogen and oxygen atoms in total. The first-order valence-corrected chi connectivity index (χ1v) is 6.03. The minimum atomic E-state index is -0.775. The molecule has 0 spiro atoms. The fourth-order valence-electron chi connectivity index (χ4n) is 1.89. The Morgan fingerprint density at radius 1 is 1.05 bits per heavy atom. The van der Waals surface area contributed by atoms with E-state index in [1.54, 1.807) is 12.1 Å². The second kappa shape index (κ2) is 6.21. The van der Waals surface area contributed by atoms with Crippen molar-refractivity contribution in [1.82, 2.24) is 0 Å². The Morgan fingerprint density at radius 3 is 2.29 bits per heavy atom. The number of anilines is 1. The number of ether oxygens (including phenoxy) is 2. The lowest BCUT2D eigenvalue weighted by atomic mass is 10.1. The van der Waals surface area contributed by atoms with Crippen molar-refractivity contribution in [3.05, 3.63) is 53.6 Å². The van der Waals surface area contributed by atoms with Gasteiger partial charge in [0.05, 0.1) is 19.8 Å². The highest BCUT2D eigenvalue weighted by molar-refractivity contribution is 6.06. The maximum absolute atomic E-state index is 13.1. The molecule has 2 rings (SSSR count). The van der Waals surface area contributed by atoms with Gasteiger partial charge in [-0.05, 0) is 24.3 Å². The minimum Gasteiger partial charge on any atom is -0.493 e. The van der Waals surface area contributed by atoms with Crippen LogP contribution in [0.25, 0.3) is 0 Å². The molecule has 2 aromatic carbocycles. The Morgan fingerprint density at radius 2 is 1.71 bits per heavy atom. The van der Waals surface area contributed by atoms with Crippen LogP contribution in [0.4, 0.5) is 14.5 Å². The van der Waals surface area contributed by atoms with Crippen molar-refractivity contribution in [2.24, 2.45) is 0 Å². The fraction of sp³-hybridized carbons (Fsp3) is 0.133. The molecule has 1 amide bonds. The van der Waals surface area contributed by atoms with Gasteiger partial charge in [-0.15, -0.1) is 0 Å². The average Bonchev–Trinajstić information content (AvgIpc) is 2.45. The lowest BCUT2D eigenvalue weighted by molar-refractivity contribution is 0.102. The van der Waals surface area contributed by atoms with Crippen molar-refractivity contribution in [3.63, 3.8) is 0 Å². The van der Waals surface area contributed by atoms with Gasteiger partial charge < -0.3 is 14.8 Å². The summed E-state index contributed by atoms with van der Waals surface area (Å²) in [5, 5.41) is 2.41. The standard InChI is InChI=1S/C15H13F2NO3/c1-20-13-5-3-4-12(14(13)21-2)15(19)18-11-7-9(16)6-10(17)8-11/h3-8H,1-2H3,(H,18,19). The Labute approximate surface area is 120 Å². The Balaban J connectivity index is 2.32. The fourth-order valence-corrected chi connectivity index (χ4v) is 1.89. The first-order chi connectivity index (χ1) is 10.0. The lowest BCUT2D eigenvalue weighted by Gasteiger charge is -2.12. The monoisotopic (exact) mass is 293 g/mol. The molecule has 0 aliphatic rings. The van der Waals surface area contributed by atoms with Crippen molar-refractivity contribution >= 4 is 11.6 Å². The molecule has 110 valence electrons. The van der Waals surface area contributed by atoms with Gasteiger partial charge in [0.1, 0.15) is 11.6 Å². The van der Waals surface area contributed by atoms with Gasteiger partial charge in [-0.25, -0.2) is 8.78 Å². The van der Waals surface area contributed by atoms with Crippen LogP contribution in [0.3, 0.4) is 0 Å². The number of para-hydroxylation sites is 1. The SMILES string of the molecule is COc1cccc(C(=O)Nc2cc(F)cc(F)c2)c1OC. The van der Waals surface area contributed by atoms with Crippen LogP contribution < -0.4 is 14.8 Å². The van der Waals surface area contributed by atoms with E-state index in [1.807, 2.05) is 0 Å². The number of carbonyl (C=O) groups excluding carboxylic acids is 1. The maximum atomic E-state index is 13.1. The van der Waals surface area contributed by atoms with Gasteiger partial charge >= 0.3 is 0 Å². The van der Waals surface area contributed by atoms with Gasteiger partial charge in [0.25, 0.3) is 5.91 Å². The molecule has 0 fully saturated rings. The molecular formula is C15H13F2NO3. The van der Waals surface area contributed by atoms with Gasteiger partial charge in [-0.2, -0.15) is 0 Å². The topological polar surface area (TPSA) is 47.6 Å². The predicted molar refractivity (Wildman–Crippen MR) is 73.9 cm³/mol. The first kappa shape index (κ1) is 14.8. The van der Waals surface area contributed by atoms with Gasteiger partial charge in [0.2, 0.25) is 0 Å². The zero-order valence-electron chi connectivity index (χ0n) is 11.4. The van der Waals surface area contributed by atoms with Crippen molar-refractivity contribution in [1.29, 1.82) is 0 Å². The summed E-state index contributed by atoms with van der Waals surface area (Å²) in [6.07, 6.45) is 0. The molecule has 0 aliphatic carbocycles. The second-order valence-electron chi connectivity index (χ2n) is 4.15. The molecule has 0 aromatic heterocycles. The number of halogens is 2. The van der Waals surface area contributed by atoms with E-state index < -0.39 is 17.5 Å². The van der Waals surface area contributed by atoms with E-state index in [2.05, 4.69) is 5.32 Å². The molecule has 0 unspecified atom stereocenters. The summed E-state index contributed by atoms with van der Waals surface area (Å²) in [6, 6.07) is 7.54. The highest BCUT2D eigenvalue weighted by Gasteiger charge is 2.16. The third-order valence-electron chi connectivity index (χ3n) is 2.77. The van der Waals surface area contributed by atoms with Crippen LogP contribution >= 0.6 is 0 Å². The Hall–Kier alpha value is -2.63. The van der Waals surface area contributed by atoms with E-state index in [-0.39, 0.29) is 17.0 Å². The van der Waals surface area contributed by atoms with E-state index in [0.717, 1.165) is 18.2 Å². The normalized spacial score (nSPS) is 10.1. The predicted octanol–water partition coefficient (Wildman–Crippen LogP) is 3.23. The van der Waals surface area contributed by atoms with Crippen LogP contribution in [0.1, 0.15) is 10.4 Å². The molecule has 0 bridgehead atoms. The molecule has 0 radical (unpaired) electrons. The van der Waals surface area contributed by atoms with E-state index in [0.29, 0.717) is 5.75 Å². The Bertz CT molecular complexity index is 654. The average molecular weight is 293 g/mol. The number of hydrogen-bond acceptors (Lipinski definition) is 3. The summed E-state index contributed by atoms with van der Waals surface area (Å²) in [7, 11) is 2.85. The Kier molecular flexibility index (Phi) is 4.37. The summed E-state index contributed by atoms with van der Waals surface area (Å²) in [5.74, 6) is -1.48. The molecular weight excluding hydrogens is 280 g/mol. The number of benzene rings is 2. The second-order valence-corrected chi connectivity index (χ2v) is 4.15. The molecule has 2 aromatic rings. The zero-order chi connectivity index (χ0) is 15.4. The zero-order valence-corrected chi connectivity index (χ0v) is 11.4. The maximum Gasteiger partial charge on any atom is 0.259 e. The van der Waals surface area contributed by atoms with Crippen LogP contribution in [0.2, 0.25) is 0 Å². The molecule has 0 aliphatic heterocycles. The van der Waals surface area contributed by atoms with Crippen LogP contribution in [0.5, 0.6) is 11.5 Å². The molecule has 6 heteroatoms. The summed E-state index contributed by atoms with van der Waals surface area (Å²) in [4.78, 5) is 12.2. The number of hydrogen-bond donors (Lipinski definition) is 1. The molecule has 1 N–H and O–H groups in total. The quantitative estimate of drug-likeness (QED) is 0.941.